The Morgan fingerprint density at radius 1 is 0.812 bits per heavy atom. The van der Waals surface area contributed by atoms with Crippen LogP contribution in [0, 0.1) is 0 Å². The molecule has 0 saturated carbocycles. The Kier molecular flexibility index (Phi) is 22.2. The van der Waals surface area contributed by atoms with Crippen LogP contribution in [0.2, 0.25) is 0 Å². The van der Waals surface area contributed by atoms with E-state index in [0.717, 1.165) is 12.2 Å². The second-order valence-corrected chi connectivity index (χ2v) is 2.73. The van der Waals surface area contributed by atoms with Crippen molar-refractivity contribution in [2.75, 3.05) is 0 Å². The zero-order chi connectivity index (χ0) is 11.7. The fraction of sp³-hybridized carbons (Fsp3) is 0.400. The van der Waals surface area contributed by atoms with Crippen LogP contribution in [0.3, 0.4) is 0 Å². The third-order valence-electron chi connectivity index (χ3n) is 0.813. The molecule has 0 unspecified atom stereocenters. The first kappa shape index (κ1) is 24.6. The molecule has 0 fully saturated rings. The average molecular weight is 321 g/mol. The van der Waals surface area contributed by atoms with E-state index in [1.165, 1.54) is 27.7 Å². The molecule has 2 radical (unpaired) electrons. The SMILES string of the molecule is CC(=O)/C=C(/C)[O-].CC(=O)/C=C(/C)[O-].[Co+2].[Cu+2]. The molecule has 0 aromatic rings. The standard InChI is InChI=1S/2C5H8O2.Co.Cu/c2*1-4(6)3-5(2)7;;/h2*3,6H,1-2H3;;/q;;2*+2/p-2/b2*4-3-;;. The molecule has 0 bridgehead atoms. The number of rotatable bonds is 2. The Morgan fingerprint density at radius 2 is 1.00 bits per heavy atom. The van der Waals surface area contributed by atoms with Crippen molar-refractivity contribution >= 4 is 11.6 Å². The molecule has 0 N–H and O–H groups in total. The number of hydrogen-bond acceptors (Lipinski definition) is 4. The molecule has 0 aromatic heterocycles. The summed E-state index contributed by atoms with van der Waals surface area (Å²) in [6.45, 7) is 5.39. The largest absolute Gasteiger partial charge is 2.00 e. The molecule has 0 amide bonds. The van der Waals surface area contributed by atoms with Gasteiger partial charge >= 0.3 is 33.8 Å². The van der Waals surface area contributed by atoms with Crippen LogP contribution in [0.5, 0.6) is 0 Å². The summed E-state index contributed by atoms with van der Waals surface area (Å²) in [5.41, 5.74) is 0. The van der Waals surface area contributed by atoms with Gasteiger partial charge in [0.2, 0.25) is 0 Å². The van der Waals surface area contributed by atoms with Crippen molar-refractivity contribution in [3.8, 4) is 0 Å². The van der Waals surface area contributed by atoms with Crippen LogP contribution in [-0.2, 0) is 43.4 Å². The van der Waals surface area contributed by atoms with Crippen LogP contribution in [-0.4, -0.2) is 11.6 Å². The predicted molar refractivity (Wildman–Crippen MR) is 48.9 cm³/mol. The summed E-state index contributed by atoms with van der Waals surface area (Å²) in [5.74, 6) is -0.750. The van der Waals surface area contributed by atoms with Gasteiger partial charge in [0.25, 0.3) is 0 Å². The van der Waals surface area contributed by atoms with E-state index in [1.807, 2.05) is 0 Å². The zero-order valence-electron chi connectivity index (χ0n) is 9.42. The molecule has 0 heterocycles. The first-order chi connectivity index (χ1) is 6.25. The fourth-order valence-corrected chi connectivity index (χ4v) is 0.572. The topological polar surface area (TPSA) is 80.3 Å². The van der Waals surface area contributed by atoms with Gasteiger partial charge in [-0.25, -0.2) is 0 Å². The molecular formula is C10H14CoCuO4+2. The fourth-order valence-electron chi connectivity index (χ4n) is 0.572. The molecule has 0 saturated heterocycles. The van der Waals surface area contributed by atoms with Crippen LogP contribution in [0.1, 0.15) is 27.7 Å². The van der Waals surface area contributed by atoms with Gasteiger partial charge < -0.3 is 10.2 Å². The maximum atomic E-state index is 9.98. The second kappa shape index (κ2) is 14.4. The Labute approximate surface area is 116 Å². The Balaban J connectivity index is -0.0000000800. The van der Waals surface area contributed by atoms with Gasteiger partial charge in [-0.15, -0.1) is 11.5 Å². The van der Waals surface area contributed by atoms with Crippen molar-refractivity contribution in [1.82, 2.24) is 0 Å². The molecule has 0 rings (SSSR count). The zero-order valence-corrected chi connectivity index (χ0v) is 11.4. The molecule has 0 aliphatic carbocycles. The second-order valence-electron chi connectivity index (χ2n) is 2.73. The average Bonchev–Trinajstić information content (AvgIpc) is 1.79. The normalized spacial score (nSPS) is 10.0. The molecule has 6 heteroatoms. The molecule has 16 heavy (non-hydrogen) atoms. The third kappa shape index (κ3) is 37.6. The third-order valence-corrected chi connectivity index (χ3v) is 0.813. The van der Waals surface area contributed by atoms with E-state index in [-0.39, 0.29) is 56.9 Å². The van der Waals surface area contributed by atoms with Crippen LogP contribution in [0.15, 0.2) is 23.7 Å². The van der Waals surface area contributed by atoms with Gasteiger partial charge in [0, 0.05) is 0 Å². The summed E-state index contributed by atoms with van der Waals surface area (Å²) in [5, 5.41) is 20.0. The number of ketones is 2. The van der Waals surface area contributed by atoms with Gasteiger partial charge in [-0.3, -0.25) is 9.59 Å². The van der Waals surface area contributed by atoms with Crippen molar-refractivity contribution in [3.05, 3.63) is 23.7 Å². The van der Waals surface area contributed by atoms with Gasteiger partial charge in [0.1, 0.15) is 0 Å². The summed E-state index contributed by atoms with van der Waals surface area (Å²) in [4.78, 5) is 20.0. The van der Waals surface area contributed by atoms with Crippen molar-refractivity contribution in [1.29, 1.82) is 0 Å². The van der Waals surface area contributed by atoms with Gasteiger partial charge in [-0.05, 0) is 26.0 Å². The smallest absolute Gasteiger partial charge is 0.876 e. The van der Waals surface area contributed by atoms with Crippen LogP contribution >= 0.6 is 0 Å². The number of carbonyl (C=O) groups is 2. The Bertz CT molecular complexity index is 236. The van der Waals surface area contributed by atoms with Crippen LogP contribution < -0.4 is 10.2 Å². The maximum absolute atomic E-state index is 9.98. The predicted octanol–water partition coefficient (Wildman–Crippen LogP) is -0.326. The first-order valence-electron chi connectivity index (χ1n) is 3.97. The van der Waals surface area contributed by atoms with Crippen molar-refractivity contribution < 1.29 is 53.6 Å². The van der Waals surface area contributed by atoms with Gasteiger partial charge in [-0.1, -0.05) is 13.8 Å². The maximum Gasteiger partial charge on any atom is 2.00 e. The van der Waals surface area contributed by atoms with Crippen molar-refractivity contribution in [2.24, 2.45) is 0 Å². The number of allylic oxidation sites excluding steroid dienone is 4. The molecule has 0 spiro atoms. The quantitative estimate of drug-likeness (QED) is 0.396. The minimum absolute atomic E-state index is 0. The van der Waals surface area contributed by atoms with Crippen molar-refractivity contribution in [3.63, 3.8) is 0 Å². The van der Waals surface area contributed by atoms with Crippen LogP contribution in [0.4, 0.5) is 0 Å². The van der Waals surface area contributed by atoms with E-state index in [2.05, 4.69) is 0 Å². The molecular weight excluding hydrogens is 307 g/mol. The summed E-state index contributed by atoms with van der Waals surface area (Å²) in [7, 11) is 0. The van der Waals surface area contributed by atoms with Gasteiger partial charge in [0.15, 0.2) is 11.6 Å². The summed E-state index contributed by atoms with van der Waals surface area (Å²) >= 11 is 0. The summed E-state index contributed by atoms with van der Waals surface area (Å²) in [6, 6.07) is 0. The van der Waals surface area contributed by atoms with Crippen molar-refractivity contribution in [2.45, 2.75) is 27.7 Å². The molecule has 0 aromatic carbocycles. The van der Waals surface area contributed by atoms with Crippen LogP contribution in [0.25, 0.3) is 0 Å². The van der Waals surface area contributed by atoms with E-state index in [9.17, 15) is 19.8 Å². The Morgan fingerprint density at radius 3 is 1.00 bits per heavy atom. The summed E-state index contributed by atoms with van der Waals surface area (Å²) < 4.78 is 0. The Hall–Kier alpha value is -0.554. The molecule has 4 nitrogen and oxygen atoms in total. The number of hydrogen-bond donors (Lipinski definition) is 0. The van der Waals surface area contributed by atoms with Gasteiger partial charge in [0.05, 0.1) is 0 Å². The monoisotopic (exact) mass is 320 g/mol. The van der Waals surface area contributed by atoms with E-state index >= 15 is 0 Å². The molecule has 96 valence electrons. The minimum Gasteiger partial charge on any atom is -0.876 e. The van der Waals surface area contributed by atoms with E-state index in [0.29, 0.717) is 0 Å². The number of carbonyl (C=O) groups excluding carboxylic acids is 2. The van der Waals surface area contributed by atoms with E-state index in [4.69, 9.17) is 0 Å². The van der Waals surface area contributed by atoms with Gasteiger partial charge in [-0.2, -0.15) is 0 Å². The summed E-state index contributed by atoms with van der Waals surface area (Å²) in [6.07, 6.45) is 2.11. The molecule has 0 atom stereocenters. The van der Waals surface area contributed by atoms with E-state index < -0.39 is 0 Å². The van der Waals surface area contributed by atoms with E-state index in [1.54, 1.807) is 0 Å². The molecule has 0 aliphatic rings. The first-order valence-corrected chi connectivity index (χ1v) is 3.97. The molecule has 0 aliphatic heterocycles. The minimum atomic E-state index is -0.187.